The van der Waals surface area contributed by atoms with Crippen LogP contribution in [-0.2, 0) is 0 Å². The van der Waals surface area contributed by atoms with Crippen molar-refractivity contribution < 1.29 is 0 Å². The molecule has 0 aliphatic carbocycles. The lowest BCUT2D eigenvalue weighted by Gasteiger charge is -2.24. The molecule has 1 rings (SSSR count). The largest absolute Gasteiger partial charge is 0.310 e. The van der Waals surface area contributed by atoms with Gasteiger partial charge in [0.25, 0.3) is 0 Å². The summed E-state index contributed by atoms with van der Waals surface area (Å²) >= 11 is 0. The zero-order chi connectivity index (χ0) is 10.8. The molecule has 1 atom stereocenters. The van der Waals surface area contributed by atoms with E-state index in [1.165, 1.54) is 5.69 Å². The monoisotopic (exact) mass is 195 g/mol. The van der Waals surface area contributed by atoms with Crippen molar-refractivity contribution >= 4 is 0 Å². The number of nitrogens with one attached hydrogen (secondary N) is 1. The second-order valence-corrected chi connectivity index (χ2v) is 4.90. The fraction of sp³-hybridized carbons (Fsp3) is 0.727. The Morgan fingerprint density at radius 2 is 2.14 bits per heavy atom. The Morgan fingerprint density at radius 3 is 2.57 bits per heavy atom. The molecule has 1 N–H and O–H groups in total. The number of hydrogen-bond acceptors (Lipinski definition) is 2. The maximum Gasteiger partial charge on any atom is 0.0618 e. The third kappa shape index (κ3) is 3.14. The van der Waals surface area contributed by atoms with Gasteiger partial charge in [-0.2, -0.15) is 5.10 Å². The topological polar surface area (TPSA) is 29.9 Å². The Bertz CT molecular complexity index is 283. The molecule has 1 aromatic rings. The standard InChI is InChI=1S/C11H21N3/c1-9-6-7-13-14(9)10(2)8-12-11(3,4)5/h6-7,10,12H,8H2,1-5H3. The average Bonchev–Trinajstić information content (AvgIpc) is 2.46. The molecule has 0 spiro atoms. The van der Waals surface area contributed by atoms with Gasteiger partial charge in [0.15, 0.2) is 0 Å². The normalized spacial score (nSPS) is 14.4. The fourth-order valence-corrected chi connectivity index (χ4v) is 1.38. The Labute approximate surface area is 86.5 Å². The SMILES string of the molecule is Cc1ccnn1C(C)CNC(C)(C)C. The molecule has 3 nitrogen and oxygen atoms in total. The Morgan fingerprint density at radius 1 is 1.50 bits per heavy atom. The molecule has 0 aliphatic heterocycles. The van der Waals surface area contributed by atoms with E-state index in [0.717, 1.165) is 6.54 Å². The molecule has 0 radical (unpaired) electrons. The number of aryl methyl sites for hydroxylation is 1. The lowest BCUT2D eigenvalue weighted by Crippen LogP contribution is -2.39. The molecule has 0 amide bonds. The van der Waals surface area contributed by atoms with Crippen molar-refractivity contribution in [1.29, 1.82) is 0 Å². The maximum absolute atomic E-state index is 4.29. The first-order chi connectivity index (χ1) is 6.40. The van der Waals surface area contributed by atoms with Crippen molar-refractivity contribution in [2.45, 2.75) is 46.2 Å². The van der Waals surface area contributed by atoms with Gasteiger partial charge in [-0.05, 0) is 40.7 Å². The van der Waals surface area contributed by atoms with Gasteiger partial charge < -0.3 is 5.32 Å². The molecule has 0 saturated heterocycles. The van der Waals surface area contributed by atoms with Gasteiger partial charge in [-0.1, -0.05) is 0 Å². The zero-order valence-corrected chi connectivity index (χ0v) is 9.83. The Kier molecular flexibility index (Phi) is 3.32. The van der Waals surface area contributed by atoms with Crippen molar-refractivity contribution in [3.05, 3.63) is 18.0 Å². The molecule has 14 heavy (non-hydrogen) atoms. The van der Waals surface area contributed by atoms with Crippen molar-refractivity contribution in [1.82, 2.24) is 15.1 Å². The van der Waals surface area contributed by atoms with E-state index < -0.39 is 0 Å². The van der Waals surface area contributed by atoms with Crippen LogP contribution in [0.25, 0.3) is 0 Å². The molecule has 0 fully saturated rings. The first-order valence-corrected chi connectivity index (χ1v) is 5.15. The van der Waals surface area contributed by atoms with Crippen LogP contribution in [0.3, 0.4) is 0 Å². The predicted octanol–water partition coefficient (Wildman–Crippen LogP) is 2.14. The number of hydrogen-bond donors (Lipinski definition) is 1. The summed E-state index contributed by atoms with van der Waals surface area (Å²) in [4.78, 5) is 0. The summed E-state index contributed by atoms with van der Waals surface area (Å²) in [5, 5.41) is 7.77. The molecule has 0 saturated carbocycles. The molecular formula is C11H21N3. The molecule has 0 aliphatic rings. The maximum atomic E-state index is 4.29. The Hall–Kier alpha value is -0.830. The summed E-state index contributed by atoms with van der Waals surface area (Å²) in [6.45, 7) is 11.7. The molecule has 1 unspecified atom stereocenters. The van der Waals surface area contributed by atoms with E-state index >= 15 is 0 Å². The van der Waals surface area contributed by atoms with Gasteiger partial charge in [-0.25, -0.2) is 0 Å². The van der Waals surface area contributed by atoms with E-state index in [0.29, 0.717) is 6.04 Å². The van der Waals surface area contributed by atoms with Crippen LogP contribution in [-0.4, -0.2) is 21.9 Å². The van der Waals surface area contributed by atoms with Crippen LogP contribution < -0.4 is 5.32 Å². The lowest BCUT2D eigenvalue weighted by atomic mass is 10.1. The number of aromatic nitrogens is 2. The van der Waals surface area contributed by atoms with Gasteiger partial charge in [-0.3, -0.25) is 4.68 Å². The minimum absolute atomic E-state index is 0.176. The number of rotatable bonds is 3. The summed E-state index contributed by atoms with van der Waals surface area (Å²) in [5.41, 5.74) is 1.39. The van der Waals surface area contributed by atoms with Crippen LogP contribution in [0.2, 0.25) is 0 Å². The molecular weight excluding hydrogens is 174 g/mol. The Balaban J connectivity index is 2.51. The highest BCUT2D eigenvalue weighted by Crippen LogP contribution is 2.08. The fourth-order valence-electron chi connectivity index (χ4n) is 1.38. The van der Waals surface area contributed by atoms with Crippen molar-refractivity contribution in [2.24, 2.45) is 0 Å². The van der Waals surface area contributed by atoms with Crippen LogP contribution in [0.15, 0.2) is 12.3 Å². The van der Waals surface area contributed by atoms with Crippen LogP contribution >= 0.6 is 0 Å². The summed E-state index contributed by atoms with van der Waals surface area (Å²) < 4.78 is 2.05. The van der Waals surface area contributed by atoms with Crippen LogP contribution in [0.5, 0.6) is 0 Å². The third-order valence-corrected chi connectivity index (χ3v) is 2.21. The summed E-state index contributed by atoms with van der Waals surface area (Å²) in [7, 11) is 0. The first kappa shape index (κ1) is 11.2. The predicted molar refractivity (Wildman–Crippen MR) is 59.4 cm³/mol. The highest BCUT2D eigenvalue weighted by molar-refractivity contribution is 4.98. The molecule has 0 aromatic carbocycles. The van der Waals surface area contributed by atoms with E-state index in [-0.39, 0.29) is 5.54 Å². The third-order valence-electron chi connectivity index (χ3n) is 2.21. The zero-order valence-electron chi connectivity index (χ0n) is 9.83. The van der Waals surface area contributed by atoms with Gasteiger partial charge >= 0.3 is 0 Å². The molecule has 80 valence electrons. The summed E-state index contributed by atoms with van der Waals surface area (Å²) in [6, 6.07) is 2.44. The quantitative estimate of drug-likeness (QED) is 0.801. The van der Waals surface area contributed by atoms with Crippen molar-refractivity contribution in [2.75, 3.05) is 6.54 Å². The van der Waals surface area contributed by atoms with Crippen molar-refractivity contribution in [3.63, 3.8) is 0 Å². The minimum Gasteiger partial charge on any atom is -0.310 e. The molecule has 0 bridgehead atoms. The molecule has 3 heteroatoms. The molecule has 1 aromatic heterocycles. The van der Waals surface area contributed by atoms with E-state index in [1.807, 2.05) is 12.3 Å². The number of nitrogens with zero attached hydrogens (tertiary/aromatic N) is 2. The van der Waals surface area contributed by atoms with E-state index in [9.17, 15) is 0 Å². The van der Waals surface area contributed by atoms with Gasteiger partial charge in [0.1, 0.15) is 0 Å². The van der Waals surface area contributed by atoms with Crippen molar-refractivity contribution in [3.8, 4) is 0 Å². The van der Waals surface area contributed by atoms with E-state index in [2.05, 4.69) is 49.7 Å². The summed E-state index contributed by atoms with van der Waals surface area (Å²) in [6.07, 6.45) is 1.85. The second kappa shape index (κ2) is 4.13. The highest BCUT2D eigenvalue weighted by atomic mass is 15.3. The van der Waals surface area contributed by atoms with Crippen LogP contribution in [0.1, 0.15) is 39.4 Å². The molecule has 1 heterocycles. The lowest BCUT2D eigenvalue weighted by molar-refractivity contribution is 0.362. The van der Waals surface area contributed by atoms with E-state index in [1.54, 1.807) is 0 Å². The summed E-state index contributed by atoms with van der Waals surface area (Å²) in [5.74, 6) is 0. The highest BCUT2D eigenvalue weighted by Gasteiger charge is 2.12. The van der Waals surface area contributed by atoms with E-state index in [4.69, 9.17) is 0 Å². The van der Waals surface area contributed by atoms with Crippen LogP contribution in [0.4, 0.5) is 0 Å². The first-order valence-electron chi connectivity index (χ1n) is 5.15. The van der Waals surface area contributed by atoms with Crippen LogP contribution in [0, 0.1) is 6.92 Å². The van der Waals surface area contributed by atoms with Gasteiger partial charge in [0.2, 0.25) is 0 Å². The van der Waals surface area contributed by atoms with Gasteiger partial charge in [0, 0.05) is 24.0 Å². The van der Waals surface area contributed by atoms with Gasteiger partial charge in [-0.15, -0.1) is 0 Å². The minimum atomic E-state index is 0.176. The average molecular weight is 195 g/mol. The smallest absolute Gasteiger partial charge is 0.0618 e. The van der Waals surface area contributed by atoms with Gasteiger partial charge in [0.05, 0.1) is 6.04 Å². The second-order valence-electron chi connectivity index (χ2n) is 4.90.